The van der Waals surface area contributed by atoms with Crippen LogP contribution < -0.4 is 9.47 Å². The number of methoxy groups -OCH3 is 2. The molecule has 6 nitrogen and oxygen atoms in total. The van der Waals surface area contributed by atoms with Crippen molar-refractivity contribution in [3.63, 3.8) is 0 Å². The van der Waals surface area contributed by atoms with Crippen molar-refractivity contribution in [3.8, 4) is 11.5 Å². The van der Waals surface area contributed by atoms with Gasteiger partial charge in [0.2, 0.25) is 0 Å². The number of nitrogens with zero attached hydrogens (tertiary/aromatic N) is 4. The summed E-state index contributed by atoms with van der Waals surface area (Å²) < 4.78 is 15.8. The van der Waals surface area contributed by atoms with Gasteiger partial charge in [0.05, 0.1) is 26.9 Å². The summed E-state index contributed by atoms with van der Waals surface area (Å²) in [4.78, 5) is 2.42. The zero-order chi connectivity index (χ0) is 22.0. The van der Waals surface area contributed by atoms with Crippen molar-refractivity contribution < 1.29 is 9.47 Å². The van der Waals surface area contributed by atoms with Crippen molar-refractivity contribution in [2.24, 2.45) is 0 Å². The molecule has 1 aromatic heterocycles. The number of rotatable bonds is 7. The SMILES string of the molecule is C=CCn1c(C)nn(CN2CCc3cc(OC)c(OC)cc3[C@@H]2c2ccccc2)c1=S. The van der Waals surface area contributed by atoms with Crippen LogP contribution in [0.15, 0.2) is 55.1 Å². The van der Waals surface area contributed by atoms with Gasteiger partial charge in [0.25, 0.3) is 0 Å². The second-order valence-electron chi connectivity index (χ2n) is 7.65. The Bertz CT molecular complexity index is 1140. The van der Waals surface area contributed by atoms with E-state index in [1.54, 1.807) is 14.2 Å². The maximum Gasteiger partial charge on any atom is 0.199 e. The van der Waals surface area contributed by atoms with Crippen LogP contribution in [0.1, 0.15) is 28.6 Å². The fraction of sp³-hybridized carbons (Fsp3) is 0.333. The van der Waals surface area contributed by atoms with Crippen LogP contribution in [0, 0.1) is 11.7 Å². The first-order valence-corrected chi connectivity index (χ1v) is 10.8. The third-order valence-electron chi connectivity index (χ3n) is 5.82. The van der Waals surface area contributed by atoms with Gasteiger partial charge in [-0.1, -0.05) is 36.4 Å². The van der Waals surface area contributed by atoms with E-state index in [9.17, 15) is 0 Å². The van der Waals surface area contributed by atoms with Crippen LogP contribution in [-0.2, 0) is 19.6 Å². The molecule has 0 saturated carbocycles. The minimum atomic E-state index is 0.0662. The van der Waals surface area contributed by atoms with E-state index in [0.29, 0.717) is 18.0 Å². The Morgan fingerprint density at radius 3 is 2.55 bits per heavy atom. The quantitative estimate of drug-likeness (QED) is 0.402. The molecule has 0 N–H and O–H groups in total. The van der Waals surface area contributed by atoms with Crippen LogP contribution in [0.4, 0.5) is 0 Å². The lowest BCUT2D eigenvalue weighted by molar-refractivity contribution is 0.154. The molecule has 7 heteroatoms. The maximum absolute atomic E-state index is 5.70. The number of aromatic nitrogens is 3. The second kappa shape index (κ2) is 9.08. The molecule has 0 bridgehead atoms. The van der Waals surface area contributed by atoms with Crippen molar-refractivity contribution in [1.82, 2.24) is 19.2 Å². The third kappa shape index (κ3) is 4.03. The molecule has 0 saturated heterocycles. The van der Waals surface area contributed by atoms with Gasteiger partial charge in [-0.3, -0.25) is 4.90 Å². The molecule has 1 aliphatic rings. The molecular weight excluding hydrogens is 408 g/mol. The number of hydrogen-bond acceptors (Lipinski definition) is 5. The predicted octanol–water partition coefficient (Wildman–Crippen LogP) is 4.53. The van der Waals surface area contributed by atoms with Crippen LogP contribution in [0.25, 0.3) is 0 Å². The third-order valence-corrected chi connectivity index (χ3v) is 6.25. The fourth-order valence-corrected chi connectivity index (χ4v) is 4.63. The molecule has 4 rings (SSSR count). The average molecular weight is 437 g/mol. The lowest BCUT2D eigenvalue weighted by atomic mass is 9.88. The highest BCUT2D eigenvalue weighted by Gasteiger charge is 2.31. The summed E-state index contributed by atoms with van der Waals surface area (Å²) in [6, 6.07) is 14.8. The molecule has 2 heterocycles. The van der Waals surface area contributed by atoms with Gasteiger partial charge in [-0.15, -0.1) is 6.58 Å². The first-order valence-electron chi connectivity index (χ1n) is 10.4. The molecule has 0 spiro atoms. The molecule has 0 fully saturated rings. The summed E-state index contributed by atoms with van der Waals surface area (Å²) in [5, 5.41) is 4.71. The second-order valence-corrected chi connectivity index (χ2v) is 8.02. The van der Waals surface area contributed by atoms with Gasteiger partial charge in [-0.25, -0.2) is 4.68 Å². The normalized spacial score (nSPS) is 16.0. The Hall–Kier alpha value is -2.90. The predicted molar refractivity (Wildman–Crippen MR) is 124 cm³/mol. The van der Waals surface area contributed by atoms with Crippen molar-refractivity contribution in [2.45, 2.75) is 32.6 Å². The summed E-state index contributed by atoms with van der Waals surface area (Å²) in [6.45, 7) is 7.97. The van der Waals surface area contributed by atoms with Gasteiger partial charge in [-0.2, -0.15) is 5.10 Å². The van der Waals surface area contributed by atoms with Gasteiger partial charge in [0.1, 0.15) is 5.82 Å². The monoisotopic (exact) mass is 436 g/mol. The Morgan fingerprint density at radius 1 is 1.16 bits per heavy atom. The highest BCUT2D eigenvalue weighted by atomic mass is 32.1. The van der Waals surface area contributed by atoms with E-state index < -0.39 is 0 Å². The molecule has 0 amide bonds. The summed E-state index contributed by atoms with van der Waals surface area (Å²) in [6.07, 6.45) is 2.76. The molecule has 0 radical (unpaired) electrons. The van der Waals surface area contributed by atoms with Crippen molar-refractivity contribution >= 4 is 12.2 Å². The largest absolute Gasteiger partial charge is 0.493 e. The number of ether oxygens (including phenoxy) is 2. The van der Waals surface area contributed by atoms with Crippen molar-refractivity contribution in [3.05, 3.63) is 82.4 Å². The number of hydrogen-bond donors (Lipinski definition) is 0. The van der Waals surface area contributed by atoms with Gasteiger partial charge >= 0.3 is 0 Å². The zero-order valence-corrected chi connectivity index (χ0v) is 19.1. The number of benzene rings is 2. The average Bonchev–Trinajstić information content (AvgIpc) is 3.06. The van der Waals surface area contributed by atoms with Crippen LogP contribution >= 0.6 is 12.2 Å². The maximum atomic E-state index is 5.70. The molecule has 0 unspecified atom stereocenters. The molecule has 0 aliphatic carbocycles. The van der Waals surface area contributed by atoms with Crippen LogP contribution in [0.5, 0.6) is 11.5 Å². The zero-order valence-electron chi connectivity index (χ0n) is 18.2. The minimum absolute atomic E-state index is 0.0662. The van der Waals surface area contributed by atoms with E-state index in [-0.39, 0.29) is 6.04 Å². The summed E-state index contributed by atoms with van der Waals surface area (Å²) in [7, 11) is 3.36. The molecule has 1 atom stereocenters. The van der Waals surface area contributed by atoms with Gasteiger partial charge < -0.3 is 14.0 Å². The van der Waals surface area contributed by atoms with Crippen LogP contribution in [0.3, 0.4) is 0 Å². The van der Waals surface area contributed by atoms with Crippen LogP contribution in [0.2, 0.25) is 0 Å². The Balaban J connectivity index is 1.78. The van der Waals surface area contributed by atoms with E-state index in [0.717, 1.165) is 30.3 Å². The topological polar surface area (TPSA) is 44.5 Å². The highest BCUT2D eigenvalue weighted by molar-refractivity contribution is 7.71. The Morgan fingerprint density at radius 2 is 1.87 bits per heavy atom. The Labute approximate surface area is 188 Å². The first-order chi connectivity index (χ1) is 15.1. The lowest BCUT2D eigenvalue weighted by Crippen LogP contribution is -2.37. The Kier molecular flexibility index (Phi) is 6.25. The van der Waals surface area contributed by atoms with E-state index in [4.69, 9.17) is 26.8 Å². The van der Waals surface area contributed by atoms with Gasteiger partial charge in [-0.05, 0) is 54.4 Å². The van der Waals surface area contributed by atoms with E-state index in [2.05, 4.69) is 47.9 Å². The van der Waals surface area contributed by atoms with E-state index in [1.165, 1.54) is 16.7 Å². The molecule has 3 aromatic rings. The fourth-order valence-electron chi connectivity index (χ4n) is 4.33. The molecule has 1 aliphatic heterocycles. The number of fused-ring (bicyclic) bond motifs is 1. The number of aryl methyl sites for hydroxylation is 1. The standard InChI is InChI=1S/C24H28N4O2S/c1-5-12-27-17(2)25-28(24(27)31)16-26-13-11-19-14-21(29-3)22(30-4)15-20(19)23(26)18-9-7-6-8-10-18/h5-10,14-15,23H,1,11-13,16H2,2-4H3/t23-/m0/s1. The molecule has 31 heavy (non-hydrogen) atoms. The number of allylic oxidation sites excluding steroid dienone is 1. The van der Waals surface area contributed by atoms with Gasteiger partial charge in [0.15, 0.2) is 16.3 Å². The van der Waals surface area contributed by atoms with Gasteiger partial charge in [0, 0.05) is 13.1 Å². The van der Waals surface area contributed by atoms with Crippen molar-refractivity contribution in [2.75, 3.05) is 20.8 Å². The van der Waals surface area contributed by atoms with Crippen molar-refractivity contribution in [1.29, 1.82) is 0 Å². The summed E-state index contributed by atoms with van der Waals surface area (Å²) >= 11 is 5.70. The summed E-state index contributed by atoms with van der Waals surface area (Å²) in [5.74, 6) is 2.40. The molecule has 162 valence electrons. The molecular formula is C24H28N4O2S. The first kappa shape index (κ1) is 21.3. The smallest absolute Gasteiger partial charge is 0.199 e. The highest BCUT2D eigenvalue weighted by Crippen LogP contribution is 2.41. The minimum Gasteiger partial charge on any atom is -0.493 e. The van der Waals surface area contributed by atoms with E-state index in [1.807, 2.05) is 28.3 Å². The lowest BCUT2D eigenvalue weighted by Gasteiger charge is -2.37. The molecule has 2 aromatic carbocycles. The summed E-state index contributed by atoms with van der Waals surface area (Å²) in [5.41, 5.74) is 3.73. The van der Waals surface area contributed by atoms with Crippen LogP contribution in [-0.4, -0.2) is 40.0 Å². The van der Waals surface area contributed by atoms with E-state index >= 15 is 0 Å².